The summed E-state index contributed by atoms with van der Waals surface area (Å²) in [5.74, 6) is -0.280. The number of rotatable bonds is 4. The van der Waals surface area contributed by atoms with Crippen LogP contribution in [0.15, 0.2) is 30.5 Å². The number of aliphatic carboxylic acids is 1. The molecule has 0 spiro atoms. The average molecular weight is 259 g/mol. The van der Waals surface area contributed by atoms with Gasteiger partial charge >= 0.3 is 5.97 Å². The van der Waals surface area contributed by atoms with Crippen LogP contribution in [0, 0.1) is 0 Å². The minimum atomic E-state index is -1.03. The zero-order valence-electron chi connectivity index (χ0n) is 11.3. The summed E-state index contributed by atoms with van der Waals surface area (Å²) in [5, 5.41) is 19.4. The van der Waals surface area contributed by atoms with Crippen LogP contribution in [0.3, 0.4) is 0 Å². The van der Waals surface area contributed by atoms with Crippen molar-refractivity contribution in [1.29, 1.82) is 0 Å². The van der Waals surface area contributed by atoms with Crippen LogP contribution >= 0.6 is 0 Å². The monoisotopic (exact) mass is 259 g/mol. The first-order valence-corrected chi connectivity index (χ1v) is 6.20. The Bertz CT molecular complexity index is 605. The molecule has 0 aliphatic heterocycles. The number of likely N-dealkylation sites (N-methyl/N-ethyl adjacent to an activating group) is 1. The van der Waals surface area contributed by atoms with E-state index in [2.05, 4.69) is 10.2 Å². The molecule has 1 aromatic carbocycles. The van der Waals surface area contributed by atoms with Gasteiger partial charge in [0.05, 0.1) is 6.20 Å². The van der Waals surface area contributed by atoms with Crippen molar-refractivity contribution in [1.82, 2.24) is 10.2 Å². The standard InChI is InChI=1S/C14H17N3O2/c1-4-17(14(2,3)13(18)19)12-11-8-6-5-7-10(11)9-15-16-12/h5-9H,4H2,1-3H3,(H,18,19). The second-order valence-electron chi connectivity index (χ2n) is 4.86. The van der Waals surface area contributed by atoms with E-state index < -0.39 is 11.5 Å². The minimum absolute atomic E-state index is 0.544. The second-order valence-corrected chi connectivity index (χ2v) is 4.86. The summed E-state index contributed by atoms with van der Waals surface area (Å²) >= 11 is 0. The number of fused-ring (bicyclic) bond motifs is 1. The molecule has 1 N–H and O–H groups in total. The molecule has 0 aliphatic rings. The Hall–Kier alpha value is -2.17. The molecule has 1 heterocycles. The van der Waals surface area contributed by atoms with E-state index in [1.54, 1.807) is 24.9 Å². The van der Waals surface area contributed by atoms with Crippen LogP contribution in [-0.4, -0.2) is 33.4 Å². The number of hydrogen-bond acceptors (Lipinski definition) is 4. The Morgan fingerprint density at radius 1 is 1.37 bits per heavy atom. The molecule has 5 heteroatoms. The number of carboxylic acids is 1. The summed E-state index contributed by atoms with van der Waals surface area (Å²) < 4.78 is 0. The maximum absolute atomic E-state index is 11.4. The fraction of sp³-hybridized carbons (Fsp3) is 0.357. The van der Waals surface area contributed by atoms with Crippen molar-refractivity contribution in [3.63, 3.8) is 0 Å². The van der Waals surface area contributed by atoms with Crippen molar-refractivity contribution in [3.05, 3.63) is 30.5 Å². The molecule has 2 aromatic rings. The zero-order valence-corrected chi connectivity index (χ0v) is 11.3. The third-order valence-corrected chi connectivity index (χ3v) is 3.32. The van der Waals surface area contributed by atoms with E-state index in [0.29, 0.717) is 12.4 Å². The van der Waals surface area contributed by atoms with Gasteiger partial charge in [0.2, 0.25) is 0 Å². The topological polar surface area (TPSA) is 66.3 Å². The molecule has 5 nitrogen and oxygen atoms in total. The highest BCUT2D eigenvalue weighted by atomic mass is 16.4. The highest BCUT2D eigenvalue weighted by molar-refractivity contribution is 5.94. The van der Waals surface area contributed by atoms with Crippen LogP contribution in [0.25, 0.3) is 10.8 Å². The van der Waals surface area contributed by atoms with Gasteiger partial charge in [-0.25, -0.2) is 4.79 Å². The van der Waals surface area contributed by atoms with Crippen LogP contribution < -0.4 is 4.90 Å². The molecule has 19 heavy (non-hydrogen) atoms. The number of carboxylic acid groups (broad SMARTS) is 1. The van der Waals surface area contributed by atoms with Crippen LogP contribution in [0.4, 0.5) is 5.82 Å². The van der Waals surface area contributed by atoms with E-state index in [1.165, 1.54) is 0 Å². The van der Waals surface area contributed by atoms with Crippen molar-refractivity contribution in [2.45, 2.75) is 26.3 Å². The van der Waals surface area contributed by atoms with Gasteiger partial charge in [-0.05, 0) is 20.8 Å². The first-order valence-electron chi connectivity index (χ1n) is 6.20. The molecular formula is C14H17N3O2. The normalized spacial score (nSPS) is 11.5. The molecule has 0 saturated heterocycles. The van der Waals surface area contributed by atoms with Crippen molar-refractivity contribution in [2.75, 3.05) is 11.4 Å². The third-order valence-electron chi connectivity index (χ3n) is 3.32. The fourth-order valence-electron chi connectivity index (χ4n) is 2.14. The molecule has 100 valence electrons. The number of nitrogens with zero attached hydrogens (tertiary/aromatic N) is 3. The fourth-order valence-corrected chi connectivity index (χ4v) is 2.14. The molecule has 0 amide bonds. The van der Waals surface area contributed by atoms with Crippen molar-refractivity contribution >= 4 is 22.6 Å². The highest BCUT2D eigenvalue weighted by Gasteiger charge is 2.35. The summed E-state index contributed by atoms with van der Waals surface area (Å²) in [4.78, 5) is 13.2. The van der Waals surface area contributed by atoms with E-state index >= 15 is 0 Å². The Balaban J connectivity index is 2.62. The van der Waals surface area contributed by atoms with Gasteiger partial charge in [0.25, 0.3) is 0 Å². The molecule has 0 bridgehead atoms. The van der Waals surface area contributed by atoms with Gasteiger partial charge in [0.15, 0.2) is 5.82 Å². The summed E-state index contributed by atoms with van der Waals surface area (Å²) in [5.41, 5.74) is -1.03. The number of benzene rings is 1. The molecule has 0 aliphatic carbocycles. The predicted molar refractivity (Wildman–Crippen MR) is 74.3 cm³/mol. The first kappa shape index (κ1) is 13.3. The average Bonchev–Trinajstić information content (AvgIpc) is 2.39. The van der Waals surface area contributed by atoms with Crippen molar-refractivity contribution < 1.29 is 9.90 Å². The van der Waals surface area contributed by atoms with E-state index in [9.17, 15) is 9.90 Å². The summed E-state index contributed by atoms with van der Waals surface area (Å²) in [6.07, 6.45) is 1.68. The van der Waals surface area contributed by atoms with Gasteiger partial charge in [-0.1, -0.05) is 24.3 Å². The zero-order chi connectivity index (χ0) is 14.0. The molecule has 2 rings (SSSR count). The Kier molecular flexibility index (Phi) is 3.38. The summed E-state index contributed by atoms with van der Waals surface area (Å²) in [6, 6.07) is 7.70. The molecule has 0 atom stereocenters. The van der Waals surface area contributed by atoms with Gasteiger partial charge in [-0.3, -0.25) is 0 Å². The van der Waals surface area contributed by atoms with Gasteiger partial charge in [0, 0.05) is 17.3 Å². The first-order chi connectivity index (χ1) is 8.98. The lowest BCUT2D eigenvalue weighted by molar-refractivity contribution is -0.142. The van der Waals surface area contributed by atoms with E-state index in [0.717, 1.165) is 10.8 Å². The molecule has 0 radical (unpaired) electrons. The quantitative estimate of drug-likeness (QED) is 0.912. The Morgan fingerprint density at radius 2 is 2.05 bits per heavy atom. The van der Waals surface area contributed by atoms with E-state index in [-0.39, 0.29) is 0 Å². The molecular weight excluding hydrogens is 242 g/mol. The van der Waals surface area contributed by atoms with Crippen LogP contribution in [0.5, 0.6) is 0 Å². The van der Waals surface area contributed by atoms with Gasteiger partial charge < -0.3 is 10.0 Å². The summed E-state index contributed by atoms with van der Waals surface area (Å²) in [6.45, 7) is 5.79. The highest BCUT2D eigenvalue weighted by Crippen LogP contribution is 2.28. The SMILES string of the molecule is CCN(c1nncc2ccccc12)C(C)(C)C(=O)O. The lowest BCUT2D eigenvalue weighted by Gasteiger charge is -2.35. The number of carbonyl (C=O) groups is 1. The largest absolute Gasteiger partial charge is 0.480 e. The lowest BCUT2D eigenvalue weighted by Crippen LogP contribution is -2.50. The minimum Gasteiger partial charge on any atom is -0.480 e. The predicted octanol–water partition coefficient (Wildman–Crippen LogP) is 2.32. The number of anilines is 1. The van der Waals surface area contributed by atoms with Gasteiger partial charge in [-0.15, -0.1) is 5.10 Å². The molecule has 0 saturated carbocycles. The van der Waals surface area contributed by atoms with Crippen LogP contribution in [0.1, 0.15) is 20.8 Å². The second kappa shape index (κ2) is 4.84. The Morgan fingerprint density at radius 3 is 2.68 bits per heavy atom. The number of aromatic nitrogens is 2. The smallest absolute Gasteiger partial charge is 0.329 e. The Labute approximate surface area is 111 Å². The molecule has 1 aromatic heterocycles. The third kappa shape index (κ3) is 2.23. The van der Waals surface area contributed by atoms with Gasteiger partial charge in [0.1, 0.15) is 5.54 Å². The molecule has 0 fully saturated rings. The van der Waals surface area contributed by atoms with Crippen molar-refractivity contribution in [3.8, 4) is 0 Å². The van der Waals surface area contributed by atoms with Crippen LogP contribution in [0.2, 0.25) is 0 Å². The number of hydrogen-bond donors (Lipinski definition) is 1. The molecule has 0 unspecified atom stereocenters. The maximum Gasteiger partial charge on any atom is 0.329 e. The lowest BCUT2D eigenvalue weighted by atomic mass is 10.0. The van der Waals surface area contributed by atoms with Crippen LogP contribution in [-0.2, 0) is 4.79 Å². The van der Waals surface area contributed by atoms with E-state index in [4.69, 9.17) is 0 Å². The summed E-state index contributed by atoms with van der Waals surface area (Å²) in [7, 11) is 0. The van der Waals surface area contributed by atoms with E-state index in [1.807, 2.05) is 31.2 Å². The van der Waals surface area contributed by atoms with Gasteiger partial charge in [-0.2, -0.15) is 5.10 Å². The maximum atomic E-state index is 11.4. The van der Waals surface area contributed by atoms with Crippen molar-refractivity contribution in [2.24, 2.45) is 0 Å².